The molecule has 0 saturated carbocycles. The van der Waals surface area contributed by atoms with Gasteiger partial charge >= 0.3 is 0 Å². The molecule has 0 fully saturated rings. The Hall–Kier alpha value is -3.97. The predicted molar refractivity (Wildman–Crippen MR) is 141 cm³/mol. The zero-order valence-corrected chi connectivity index (χ0v) is 20.5. The summed E-state index contributed by atoms with van der Waals surface area (Å²) in [4.78, 5) is 17.5. The average molecular weight is 483 g/mol. The fourth-order valence-corrected chi connectivity index (χ4v) is 4.84. The lowest BCUT2D eigenvalue weighted by Gasteiger charge is -2.18. The predicted octanol–water partition coefficient (Wildman–Crippen LogP) is 5.19. The number of amides is 1. The Morgan fingerprint density at radius 1 is 1.09 bits per heavy atom. The molecule has 2 heterocycles. The smallest absolute Gasteiger partial charge is 0.262 e. The van der Waals surface area contributed by atoms with Crippen molar-refractivity contribution in [3.05, 3.63) is 99.2 Å². The van der Waals surface area contributed by atoms with Gasteiger partial charge < -0.3 is 10.1 Å². The second-order valence-electron chi connectivity index (χ2n) is 8.49. The number of aryl methyl sites for hydroxylation is 2. The van der Waals surface area contributed by atoms with Crippen LogP contribution in [0.4, 0.5) is 5.69 Å². The highest BCUT2D eigenvalue weighted by atomic mass is 32.1. The molecule has 6 nitrogen and oxygen atoms in total. The maximum Gasteiger partial charge on any atom is 0.262 e. The van der Waals surface area contributed by atoms with E-state index in [1.54, 1.807) is 11.3 Å². The van der Waals surface area contributed by atoms with E-state index in [4.69, 9.17) is 14.8 Å². The molecule has 1 aliphatic heterocycles. The summed E-state index contributed by atoms with van der Waals surface area (Å²) in [5.74, 6) is 0.513. The van der Waals surface area contributed by atoms with Gasteiger partial charge in [-0.1, -0.05) is 54.1 Å². The molecule has 0 bridgehead atoms. The van der Waals surface area contributed by atoms with Crippen molar-refractivity contribution in [3.8, 4) is 17.0 Å². The molecule has 5 rings (SSSR count). The highest BCUT2D eigenvalue weighted by Gasteiger charge is 2.17. The lowest BCUT2D eigenvalue weighted by Crippen LogP contribution is -2.25. The first-order valence-electron chi connectivity index (χ1n) is 11.5. The third-order valence-electron chi connectivity index (χ3n) is 5.82. The van der Waals surface area contributed by atoms with E-state index >= 15 is 0 Å². The van der Waals surface area contributed by atoms with Gasteiger partial charge in [0.05, 0.1) is 17.6 Å². The normalized spacial score (nSPS) is 13.5. The highest BCUT2D eigenvalue weighted by Crippen LogP contribution is 2.32. The second-order valence-corrected chi connectivity index (χ2v) is 9.32. The van der Waals surface area contributed by atoms with E-state index < -0.39 is 0 Å². The standard InChI is InChI=1S/C28H26N4O2S/c1-19-8-9-23(20(2)14-19)16-30-32-25(22-10-11-26-24(15-22)31-27(33)17-34-26)18-35-28(32)29-13-12-21-6-4-3-5-7-21/h3-11,14-16,18H,12-13,17H2,1-2H3,(H,31,33). The number of ether oxygens (including phenoxy) is 1. The molecule has 35 heavy (non-hydrogen) atoms. The van der Waals surface area contributed by atoms with Crippen LogP contribution in [0, 0.1) is 13.8 Å². The molecule has 0 atom stereocenters. The van der Waals surface area contributed by atoms with Crippen molar-refractivity contribution in [1.29, 1.82) is 0 Å². The van der Waals surface area contributed by atoms with Gasteiger partial charge in [0.2, 0.25) is 4.80 Å². The molecule has 1 N–H and O–H groups in total. The summed E-state index contributed by atoms with van der Waals surface area (Å²) in [5, 5.41) is 9.78. The number of rotatable bonds is 6. The van der Waals surface area contributed by atoms with Crippen molar-refractivity contribution >= 4 is 29.1 Å². The first-order valence-corrected chi connectivity index (χ1v) is 12.4. The number of thiazole rings is 1. The molecule has 4 aromatic rings. The Labute approximate surface area is 208 Å². The molecule has 176 valence electrons. The van der Waals surface area contributed by atoms with E-state index in [1.807, 2.05) is 52.7 Å². The molecule has 1 amide bonds. The van der Waals surface area contributed by atoms with E-state index in [0.29, 0.717) is 18.0 Å². The highest BCUT2D eigenvalue weighted by molar-refractivity contribution is 7.07. The molecular weight excluding hydrogens is 456 g/mol. The average Bonchev–Trinajstić information content (AvgIpc) is 3.26. The zero-order valence-electron chi connectivity index (χ0n) is 19.7. The molecule has 0 radical (unpaired) electrons. The topological polar surface area (TPSA) is 68.0 Å². The van der Waals surface area contributed by atoms with Crippen molar-refractivity contribution in [1.82, 2.24) is 4.68 Å². The fourth-order valence-electron chi connectivity index (χ4n) is 3.98. The molecule has 0 unspecified atom stereocenters. The Morgan fingerprint density at radius 2 is 1.94 bits per heavy atom. The van der Waals surface area contributed by atoms with E-state index in [2.05, 4.69) is 49.5 Å². The third kappa shape index (κ3) is 5.25. The Balaban J connectivity index is 1.53. The summed E-state index contributed by atoms with van der Waals surface area (Å²) in [6.45, 7) is 4.87. The largest absolute Gasteiger partial charge is 0.482 e. The minimum Gasteiger partial charge on any atom is -0.482 e. The van der Waals surface area contributed by atoms with Gasteiger partial charge in [-0.2, -0.15) is 5.10 Å². The number of carbonyl (C=O) groups is 1. The van der Waals surface area contributed by atoms with E-state index in [9.17, 15) is 4.79 Å². The Kier molecular flexibility index (Phi) is 6.59. The Bertz CT molecular complexity index is 1470. The minimum absolute atomic E-state index is 0.0371. The van der Waals surface area contributed by atoms with Crippen LogP contribution >= 0.6 is 11.3 Å². The van der Waals surface area contributed by atoms with Crippen LogP contribution in [0.25, 0.3) is 11.3 Å². The third-order valence-corrected chi connectivity index (χ3v) is 6.68. The van der Waals surface area contributed by atoms with E-state index in [0.717, 1.165) is 28.0 Å². The summed E-state index contributed by atoms with van der Waals surface area (Å²) >= 11 is 1.55. The monoisotopic (exact) mass is 482 g/mol. The van der Waals surface area contributed by atoms with Crippen LogP contribution in [0.3, 0.4) is 0 Å². The van der Waals surface area contributed by atoms with Crippen molar-refractivity contribution in [2.45, 2.75) is 20.3 Å². The van der Waals surface area contributed by atoms with Crippen LogP contribution in [-0.2, 0) is 11.2 Å². The van der Waals surface area contributed by atoms with E-state index in [1.165, 1.54) is 16.7 Å². The van der Waals surface area contributed by atoms with Gasteiger partial charge in [-0.3, -0.25) is 9.79 Å². The first-order chi connectivity index (χ1) is 17.1. The van der Waals surface area contributed by atoms with Crippen LogP contribution in [0.5, 0.6) is 5.75 Å². The van der Waals surface area contributed by atoms with Crippen molar-refractivity contribution in [2.24, 2.45) is 10.1 Å². The second kappa shape index (κ2) is 10.1. The van der Waals surface area contributed by atoms with Gasteiger partial charge in [-0.05, 0) is 55.2 Å². The quantitative estimate of drug-likeness (QED) is 0.384. The number of anilines is 1. The SMILES string of the molecule is Cc1ccc(C=Nn2c(-c3ccc4c(c3)NC(=O)CO4)csc2=NCCc2ccccc2)c(C)c1. The van der Waals surface area contributed by atoms with Crippen LogP contribution in [0.15, 0.2) is 82.2 Å². The van der Waals surface area contributed by atoms with Crippen molar-refractivity contribution in [3.63, 3.8) is 0 Å². The van der Waals surface area contributed by atoms with E-state index in [-0.39, 0.29) is 12.5 Å². The molecule has 1 aliphatic rings. The number of benzene rings is 3. The van der Waals surface area contributed by atoms with Gasteiger partial charge in [0.15, 0.2) is 6.61 Å². The van der Waals surface area contributed by atoms with Gasteiger partial charge in [-0.25, -0.2) is 4.68 Å². The number of fused-ring (bicyclic) bond motifs is 1. The summed E-state index contributed by atoms with van der Waals surface area (Å²) in [5.41, 5.74) is 7.19. The lowest BCUT2D eigenvalue weighted by atomic mass is 10.1. The lowest BCUT2D eigenvalue weighted by molar-refractivity contribution is -0.118. The minimum atomic E-state index is -0.155. The summed E-state index contributed by atoms with van der Waals surface area (Å²) < 4.78 is 7.40. The molecule has 1 aromatic heterocycles. The fraction of sp³-hybridized carbons (Fsp3) is 0.179. The van der Waals surface area contributed by atoms with Gasteiger partial charge in [-0.15, -0.1) is 11.3 Å². The molecule has 0 spiro atoms. The molecule has 7 heteroatoms. The molecular formula is C28H26N4O2S. The maximum absolute atomic E-state index is 11.8. The number of nitrogens with zero attached hydrogens (tertiary/aromatic N) is 3. The number of hydrogen-bond acceptors (Lipinski definition) is 5. The molecule has 0 saturated heterocycles. The first kappa shape index (κ1) is 22.8. The van der Waals surface area contributed by atoms with Crippen molar-refractivity contribution < 1.29 is 9.53 Å². The summed E-state index contributed by atoms with van der Waals surface area (Å²) in [6, 6.07) is 22.5. The molecule has 0 aliphatic carbocycles. The van der Waals surface area contributed by atoms with Gasteiger partial charge in [0.1, 0.15) is 5.75 Å². The Morgan fingerprint density at radius 3 is 2.77 bits per heavy atom. The summed E-state index contributed by atoms with van der Waals surface area (Å²) in [7, 11) is 0. The molecule has 3 aromatic carbocycles. The van der Waals surface area contributed by atoms with Crippen LogP contribution in [0.1, 0.15) is 22.3 Å². The number of hydrogen-bond donors (Lipinski definition) is 1. The maximum atomic E-state index is 11.8. The van der Waals surface area contributed by atoms with Gasteiger partial charge in [0.25, 0.3) is 5.91 Å². The van der Waals surface area contributed by atoms with Crippen LogP contribution < -0.4 is 14.9 Å². The number of nitrogens with one attached hydrogen (secondary N) is 1. The number of carbonyl (C=O) groups excluding carboxylic acids is 1. The zero-order chi connectivity index (χ0) is 24.2. The van der Waals surface area contributed by atoms with Crippen molar-refractivity contribution in [2.75, 3.05) is 18.5 Å². The van der Waals surface area contributed by atoms with Gasteiger partial charge in [0, 0.05) is 17.5 Å². The van der Waals surface area contributed by atoms with Crippen LogP contribution in [-0.4, -0.2) is 29.9 Å². The number of aromatic nitrogens is 1. The van der Waals surface area contributed by atoms with Crippen LogP contribution in [0.2, 0.25) is 0 Å². The summed E-state index contributed by atoms with van der Waals surface area (Å²) in [6.07, 6.45) is 2.74.